The Labute approximate surface area is 117 Å². The second-order valence-electron chi connectivity index (χ2n) is 5.05. The van der Waals surface area contributed by atoms with E-state index in [0.717, 1.165) is 19.3 Å². The average Bonchev–Trinajstić information content (AvgIpc) is 2.92. The van der Waals surface area contributed by atoms with E-state index in [1.54, 1.807) is 0 Å². The predicted molar refractivity (Wildman–Crippen MR) is 68.9 cm³/mol. The van der Waals surface area contributed by atoms with Crippen LogP contribution in [0.4, 0.5) is 8.78 Å². The fourth-order valence-corrected chi connectivity index (χ4v) is 2.63. The number of hydrogen-bond acceptors (Lipinski definition) is 5. The zero-order chi connectivity index (χ0) is 14.4. The highest BCUT2D eigenvalue weighted by Gasteiger charge is 2.29. The Kier molecular flexibility index (Phi) is 5.85. The quantitative estimate of drug-likeness (QED) is 0.779. The minimum absolute atomic E-state index is 0.184. The number of hydrogen-bond donors (Lipinski definition) is 1. The van der Waals surface area contributed by atoms with Crippen molar-refractivity contribution in [2.75, 3.05) is 20.3 Å². The molecule has 0 spiro atoms. The monoisotopic (exact) mass is 289 g/mol. The van der Waals surface area contributed by atoms with Crippen molar-refractivity contribution in [1.29, 1.82) is 0 Å². The van der Waals surface area contributed by atoms with Gasteiger partial charge in [-0.2, -0.15) is 4.98 Å². The molecule has 1 aromatic heterocycles. The molecule has 20 heavy (non-hydrogen) atoms. The summed E-state index contributed by atoms with van der Waals surface area (Å²) in [6.07, 6.45) is 2.48. The predicted octanol–water partition coefficient (Wildman–Crippen LogP) is 2.14. The van der Waals surface area contributed by atoms with E-state index in [1.807, 2.05) is 7.05 Å². The maximum absolute atomic E-state index is 11.9. The summed E-state index contributed by atoms with van der Waals surface area (Å²) in [5.74, 6) is 1.42. The summed E-state index contributed by atoms with van der Waals surface area (Å²) in [5.41, 5.74) is 0. The molecule has 7 heteroatoms. The molecule has 0 aromatic carbocycles. The van der Waals surface area contributed by atoms with Gasteiger partial charge < -0.3 is 14.6 Å². The maximum atomic E-state index is 11.9. The lowest BCUT2D eigenvalue weighted by Gasteiger charge is -2.28. The number of rotatable bonds is 7. The van der Waals surface area contributed by atoms with E-state index in [2.05, 4.69) is 15.5 Å². The van der Waals surface area contributed by atoms with E-state index >= 15 is 0 Å². The Bertz CT molecular complexity index is 401. The van der Waals surface area contributed by atoms with E-state index in [1.165, 1.54) is 6.42 Å². The van der Waals surface area contributed by atoms with Crippen molar-refractivity contribution in [3.8, 4) is 0 Å². The van der Waals surface area contributed by atoms with E-state index < -0.39 is 13.0 Å². The highest BCUT2D eigenvalue weighted by atomic mass is 19.3. The highest BCUT2D eigenvalue weighted by Crippen LogP contribution is 2.31. The third-order valence-electron chi connectivity index (χ3n) is 3.65. The summed E-state index contributed by atoms with van der Waals surface area (Å²) in [5, 5.41) is 7.19. The van der Waals surface area contributed by atoms with Crippen LogP contribution in [-0.2, 0) is 11.2 Å². The molecule has 0 radical (unpaired) electrons. The lowest BCUT2D eigenvalue weighted by Crippen LogP contribution is -2.34. The molecule has 1 heterocycles. The van der Waals surface area contributed by atoms with Crippen LogP contribution in [0.5, 0.6) is 0 Å². The normalized spacial score (nSPS) is 23.4. The molecule has 2 rings (SSSR count). The van der Waals surface area contributed by atoms with Crippen molar-refractivity contribution < 1.29 is 18.0 Å². The van der Waals surface area contributed by atoms with Gasteiger partial charge in [-0.25, -0.2) is 8.78 Å². The molecule has 5 nitrogen and oxygen atoms in total. The number of halogens is 2. The van der Waals surface area contributed by atoms with Gasteiger partial charge in [-0.15, -0.1) is 0 Å². The smallest absolute Gasteiger partial charge is 0.261 e. The van der Waals surface area contributed by atoms with Crippen molar-refractivity contribution in [3.63, 3.8) is 0 Å². The number of nitrogens with one attached hydrogen (secondary N) is 1. The highest BCUT2D eigenvalue weighted by molar-refractivity contribution is 5.01. The molecule has 2 atom stereocenters. The molecule has 1 fully saturated rings. The zero-order valence-electron chi connectivity index (χ0n) is 11.6. The molecule has 2 unspecified atom stereocenters. The van der Waals surface area contributed by atoms with Gasteiger partial charge in [-0.3, -0.25) is 0 Å². The van der Waals surface area contributed by atoms with Crippen LogP contribution in [0.2, 0.25) is 0 Å². The van der Waals surface area contributed by atoms with Gasteiger partial charge >= 0.3 is 0 Å². The molecule has 1 aliphatic carbocycles. The third kappa shape index (κ3) is 4.21. The average molecular weight is 289 g/mol. The summed E-state index contributed by atoms with van der Waals surface area (Å²) in [4.78, 5) is 4.36. The van der Waals surface area contributed by atoms with Gasteiger partial charge in [0.2, 0.25) is 5.89 Å². The largest absolute Gasteiger partial charge is 0.375 e. The van der Waals surface area contributed by atoms with Gasteiger partial charge in [0.05, 0.1) is 12.5 Å². The van der Waals surface area contributed by atoms with Gasteiger partial charge in [0.1, 0.15) is 6.61 Å². The SMILES string of the molecule is CNC1CCCCC1c1nc(CCOCC(F)F)no1. The van der Waals surface area contributed by atoms with Crippen LogP contribution < -0.4 is 5.32 Å². The fraction of sp³-hybridized carbons (Fsp3) is 0.846. The summed E-state index contributed by atoms with van der Waals surface area (Å²) < 4.78 is 33.9. The maximum Gasteiger partial charge on any atom is 0.261 e. The zero-order valence-corrected chi connectivity index (χ0v) is 11.6. The number of alkyl halides is 2. The number of nitrogens with zero attached hydrogens (tertiary/aromatic N) is 2. The van der Waals surface area contributed by atoms with Gasteiger partial charge in [0.15, 0.2) is 5.82 Å². The van der Waals surface area contributed by atoms with Crippen molar-refractivity contribution in [2.45, 2.75) is 50.5 Å². The Morgan fingerprint density at radius 1 is 1.40 bits per heavy atom. The first-order valence-corrected chi connectivity index (χ1v) is 7.06. The van der Waals surface area contributed by atoms with Gasteiger partial charge in [-0.05, 0) is 19.9 Å². The van der Waals surface area contributed by atoms with Crippen LogP contribution >= 0.6 is 0 Å². The van der Waals surface area contributed by atoms with Crippen LogP contribution in [0.1, 0.15) is 43.3 Å². The van der Waals surface area contributed by atoms with Crippen LogP contribution in [0.25, 0.3) is 0 Å². The second-order valence-corrected chi connectivity index (χ2v) is 5.05. The first kappa shape index (κ1) is 15.3. The molecule has 1 aromatic rings. The van der Waals surface area contributed by atoms with Gasteiger partial charge in [-0.1, -0.05) is 18.0 Å². The molecule has 0 aliphatic heterocycles. The lowest BCUT2D eigenvalue weighted by atomic mass is 9.84. The topological polar surface area (TPSA) is 60.2 Å². The molecule has 0 saturated heterocycles. The Morgan fingerprint density at radius 3 is 2.95 bits per heavy atom. The Balaban J connectivity index is 1.84. The lowest BCUT2D eigenvalue weighted by molar-refractivity contribution is 0.0182. The molecule has 114 valence electrons. The molecule has 1 saturated carbocycles. The van der Waals surface area contributed by atoms with E-state index in [9.17, 15) is 8.78 Å². The number of aromatic nitrogens is 2. The standard InChI is InChI=1S/C13H21F2N3O2/c1-16-10-5-3-2-4-9(10)13-17-12(18-20-13)6-7-19-8-11(14)15/h9-11,16H,2-8H2,1H3. The number of ether oxygens (including phenoxy) is 1. The van der Waals surface area contributed by atoms with Crippen LogP contribution in [0.3, 0.4) is 0 Å². The summed E-state index contributed by atoms with van der Waals surface area (Å²) in [7, 11) is 1.94. The fourth-order valence-electron chi connectivity index (χ4n) is 2.63. The van der Waals surface area contributed by atoms with E-state index in [0.29, 0.717) is 24.2 Å². The molecule has 1 aliphatic rings. The first-order chi connectivity index (χ1) is 9.70. The molecular formula is C13H21F2N3O2. The minimum atomic E-state index is -2.44. The molecule has 1 N–H and O–H groups in total. The van der Waals surface area contributed by atoms with Crippen molar-refractivity contribution in [2.24, 2.45) is 0 Å². The van der Waals surface area contributed by atoms with E-state index in [4.69, 9.17) is 9.26 Å². The minimum Gasteiger partial charge on any atom is -0.375 e. The third-order valence-corrected chi connectivity index (χ3v) is 3.65. The first-order valence-electron chi connectivity index (χ1n) is 7.06. The van der Waals surface area contributed by atoms with Gasteiger partial charge in [0.25, 0.3) is 6.43 Å². The van der Waals surface area contributed by atoms with Gasteiger partial charge in [0, 0.05) is 12.5 Å². The van der Waals surface area contributed by atoms with E-state index in [-0.39, 0.29) is 12.5 Å². The molecule has 0 bridgehead atoms. The number of likely N-dealkylation sites (N-methyl/N-ethyl adjacent to an activating group) is 1. The summed E-state index contributed by atoms with van der Waals surface area (Å²) in [6, 6.07) is 0.368. The molecular weight excluding hydrogens is 268 g/mol. The van der Waals surface area contributed by atoms with Crippen molar-refractivity contribution >= 4 is 0 Å². The van der Waals surface area contributed by atoms with Crippen LogP contribution in [0.15, 0.2) is 4.52 Å². The Morgan fingerprint density at radius 2 is 2.20 bits per heavy atom. The van der Waals surface area contributed by atoms with Crippen LogP contribution in [-0.4, -0.2) is 42.9 Å². The second kappa shape index (κ2) is 7.64. The summed E-state index contributed by atoms with van der Waals surface area (Å²) >= 11 is 0. The summed E-state index contributed by atoms with van der Waals surface area (Å²) in [6.45, 7) is -0.363. The van der Waals surface area contributed by atoms with Crippen molar-refractivity contribution in [1.82, 2.24) is 15.5 Å². The van der Waals surface area contributed by atoms with Crippen LogP contribution in [0, 0.1) is 0 Å². The van der Waals surface area contributed by atoms with Crippen molar-refractivity contribution in [3.05, 3.63) is 11.7 Å². The Hall–Kier alpha value is -1.08. The molecule has 0 amide bonds.